The van der Waals surface area contributed by atoms with Gasteiger partial charge in [0.1, 0.15) is 24.1 Å². The van der Waals surface area contributed by atoms with Crippen LogP contribution in [-0.2, 0) is 12.6 Å². The molecule has 0 aliphatic heterocycles. The summed E-state index contributed by atoms with van der Waals surface area (Å²) in [5, 5.41) is 23.0. The van der Waals surface area contributed by atoms with Crippen molar-refractivity contribution in [1.29, 1.82) is 16.2 Å². The first kappa shape index (κ1) is 24.7. The number of rotatable bonds is 8. The topological polar surface area (TPSA) is 176 Å². The van der Waals surface area contributed by atoms with Gasteiger partial charge in [0.15, 0.2) is 0 Å². The van der Waals surface area contributed by atoms with Crippen LogP contribution < -0.4 is 11.1 Å². The third-order valence-electron chi connectivity index (χ3n) is 4.61. The third-order valence-corrected chi connectivity index (χ3v) is 4.61. The maximum absolute atomic E-state index is 13.9. The molecule has 178 valence electrons. The number of aromatic nitrogens is 3. The first-order valence-electron chi connectivity index (χ1n) is 9.64. The Morgan fingerprint density at radius 1 is 1.26 bits per heavy atom. The van der Waals surface area contributed by atoms with Crippen molar-refractivity contribution in [2.45, 2.75) is 12.6 Å². The molecule has 1 aromatic carbocycles. The number of amidine groups is 1. The van der Waals surface area contributed by atoms with E-state index in [1.54, 1.807) is 6.07 Å². The second kappa shape index (κ2) is 10.3. The van der Waals surface area contributed by atoms with Crippen molar-refractivity contribution in [3.05, 3.63) is 77.1 Å². The number of anilines is 1. The summed E-state index contributed by atoms with van der Waals surface area (Å²) in [7, 11) is 0. The van der Waals surface area contributed by atoms with Gasteiger partial charge in [0.25, 0.3) is 0 Å². The maximum Gasteiger partial charge on any atom is 0.451 e. The Morgan fingerprint density at radius 2 is 1.94 bits per heavy atom. The maximum atomic E-state index is 13.9. The van der Waals surface area contributed by atoms with Crippen molar-refractivity contribution in [3.8, 4) is 17.2 Å². The number of H-pyrrole nitrogens is 1. The van der Waals surface area contributed by atoms with E-state index in [1.165, 1.54) is 24.4 Å². The summed E-state index contributed by atoms with van der Waals surface area (Å²) in [5.74, 6) is -2.13. The normalized spacial score (nSPS) is 12.2. The molecule has 14 heteroatoms. The summed E-state index contributed by atoms with van der Waals surface area (Å²) in [6.07, 6.45) is -1.21. The molecule has 0 atom stereocenters. The Balaban J connectivity index is 2.07. The number of nitriles is 1. The fraction of sp³-hybridized carbons (Fsp3) is 0.0952. The van der Waals surface area contributed by atoms with E-state index in [1.807, 2.05) is 6.07 Å². The molecular weight excluding hydrogens is 468 g/mol. The summed E-state index contributed by atoms with van der Waals surface area (Å²) >= 11 is 0. The van der Waals surface area contributed by atoms with E-state index in [0.717, 1.165) is 12.4 Å². The largest absolute Gasteiger partial charge is 0.451 e. The molecule has 0 saturated heterocycles. The number of aliphatic imine (C=N–C) groups is 1. The number of halogens is 4. The SMILES string of the molecule is N#Cc1c(C/C(=C/Nc2ccccc2F)N=N)[nH]c(/C(N)=N\C=N)c1-c1cnc(C(F)(F)F)nc1. The van der Waals surface area contributed by atoms with Crippen LogP contribution in [0.15, 0.2) is 58.7 Å². The van der Waals surface area contributed by atoms with Crippen molar-refractivity contribution in [3.63, 3.8) is 0 Å². The van der Waals surface area contributed by atoms with Gasteiger partial charge in [-0.1, -0.05) is 12.1 Å². The van der Waals surface area contributed by atoms with Crippen LogP contribution in [0.25, 0.3) is 11.1 Å². The number of nitrogens with one attached hydrogen (secondary N) is 4. The fourth-order valence-corrected chi connectivity index (χ4v) is 3.07. The molecule has 0 bridgehead atoms. The minimum Gasteiger partial charge on any atom is -0.382 e. The lowest BCUT2D eigenvalue weighted by Crippen LogP contribution is -2.15. The number of allylic oxidation sites excluding steroid dienone is 1. The molecule has 3 aromatic rings. The van der Waals surface area contributed by atoms with Gasteiger partial charge in [-0.2, -0.15) is 23.5 Å². The number of alkyl halides is 3. The van der Waals surface area contributed by atoms with Gasteiger partial charge >= 0.3 is 6.18 Å². The zero-order chi connectivity index (χ0) is 25.6. The first-order valence-corrected chi connectivity index (χ1v) is 9.64. The van der Waals surface area contributed by atoms with Gasteiger partial charge in [-0.05, 0) is 12.1 Å². The average molecular weight is 484 g/mol. The zero-order valence-corrected chi connectivity index (χ0v) is 17.7. The molecular formula is C21H16F4N10. The van der Waals surface area contributed by atoms with E-state index < -0.39 is 17.8 Å². The molecule has 3 rings (SSSR count). The molecule has 0 radical (unpaired) electrons. The van der Waals surface area contributed by atoms with Crippen LogP contribution in [0.3, 0.4) is 0 Å². The molecule has 2 aromatic heterocycles. The Morgan fingerprint density at radius 3 is 2.51 bits per heavy atom. The predicted octanol–water partition coefficient (Wildman–Crippen LogP) is 4.34. The van der Waals surface area contributed by atoms with Gasteiger partial charge in [0, 0.05) is 41.8 Å². The van der Waals surface area contributed by atoms with Crippen LogP contribution in [0.4, 0.5) is 23.2 Å². The van der Waals surface area contributed by atoms with Crippen LogP contribution in [-0.4, -0.2) is 27.1 Å². The lowest BCUT2D eigenvalue weighted by Gasteiger charge is -2.07. The minimum absolute atomic E-state index is 0.0352. The van der Waals surface area contributed by atoms with Gasteiger partial charge in [-0.3, -0.25) is 5.41 Å². The van der Waals surface area contributed by atoms with Gasteiger partial charge in [-0.15, -0.1) is 0 Å². The smallest absolute Gasteiger partial charge is 0.382 e. The lowest BCUT2D eigenvalue weighted by atomic mass is 10.0. The molecule has 0 aliphatic carbocycles. The minimum atomic E-state index is -4.76. The molecule has 0 unspecified atom stereocenters. The number of aromatic amines is 1. The highest BCUT2D eigenvalue weighted by molar-refractivity contribution is 6.06. The molecule has 0 amide bonds. The van der Waals surface area contributed by atoms with E-state index in [4.69, 9.17) is 16.7 Å². The number of hydrogen-bond donors (Lipinski definition) is 5. The van der Waals surface area contributed by atoms with E-state index in [9.17, 15) is 22.8 Å². The van der Waals surface area contributed by atoms with Crippen molar-refractivity contribution < 1.29 is 17.6 Å². The number of para-hydroxylation sites is 1. The Kier molecular flexibility index (Phi) is 7.30. The van der Waals surface area contributed by atoms with Crippen molar-refractivity contribution >= 4 is 17.9 Å². The first-order chi connectivity index (χ1) is 16.7. The van der Waals surface area contributed by atoms with Crippen LogP contribution in [0.2, 0.25) is 0 Å². The summed E-state index contributed by atoms with van der Waals surface area (Å²) < 4.78 is 52.5. The van der Waals surface area contributed by atoms with E-state index in [0.29, 0.717) is 6.34 Å². The highest BCUT2D eigenvalue weighted by atomic mass is 19.4. The van der Waals surface area contributed by atoms with Gasteiger partial charge in [-0.25, -0.2) is 24.9 Å². The second-order valence-electron chi connectivity index (χ2n) is 6.83. The fourth-order valence-electron chi connectivity index (χ4n) is 3.07. The molecule has 0 aliphatic rings. The van der Waals surface area contributed by atoms with Gasteiger partial charge < -0.3 is 16.0 Å². The van der Waals surface area contributed by atoms with E-state index in [2.05, 4.69) is 30.4 Å². The van der Waals surface area contributed by atoms with Crippen molar-refractivity contribution in [2.24, 2.45) is 15.8 Å². The molecule has 10 nitrogen and oxygen atoms in total. The summed E-state index contributed by atoms with van der Waals surface area (Å²) in [4.78, 5) is 13.1. The Bertz CT molecular complexity index is 1350. The predicted molar refractivity (Wildman–Crippen MR) is 118 cm³/mol. The number of nitrogens with two attached hydrogens (primary N) is 1. The summed E-state index contributed by atoms with van der Waals surface area (Å²) in [6, 6.07) is 7.77. The van der Waals surface area contributed by atoms with Crippen LogP contribution in [0.5, 0.6) is 0 Å². The average Bonchev–Trinajstić information content (AvgIpc) is 3.20. The highest BCUT2D eigenvalue weighted by Crippen LogP contribution is 2.32. The summed E-state index contributed by atoms with van der Waals surface area (Å²) in [6.45, 7) is 0. The highest BCUT2D eigenvalue weighted by Gasteiger charge is 2.34. The molecule has 0 fully saturated rings. The monoisotopic (exact) mass is 484 g/mol. The quantitative estimate of drug-likeness (QED) is 0.138. The van der Waals surface area contributed by atoms with Crippen LogP contribution in [0, 0.1) is 28.1 Å². The zero-order valence-electron chi connectivity index (χ0n) is 17.7. The third kappa shape index (κ3) is 5.53. The van der Waals surface area contributed by atoms with E-state index in [-0.39, 0.29) is 51.7 Å². The Hall–Kier alpha value is -4.93. The van der Waals surface area contributed by atoms with Gasteiger partial charge in [0.2, 0.25) is 5.82 Å². The summed E-state index contributed by atoms with van der Waals surface area (Å²) in [5.41, 5.74) is 13.8. The molecule has 35 heavy (non-hydrogen) atoms. The van der Waals surface area contributed by atoms with Crippen molar-refractivity contribution in [1.82, 2.24) is 15.0 Å². The molecule has 0 spiro atoms. The van der Waals surface area contributed by atoms with Gasteiger partial charge in [0.05, 0.1) is 22.6 Å². The number of nitrogens with zero attached hydrogens (tertiary/aromatic N) is 5. The van der Waals surface area contributed by atoms with E-state index >= 15 is 0 Å². The number of hydrogen-bond acceptors (Lipinski definition) is 7. The van der Waals surface area contributed by atoms with Crippen molar-refractivity contribution in [2.75, 3.05) is 5.32 Å². The Labute approximate surface area is 195 Å². The van der Waals surface area contributed by atoms with Crippen LogP contribution >= 0.6 is 0 Å². The number of benzene rings is 1. The molecule has 2 heterocycles. The van der Waals surface area contributed by atoms with Crippen LogP contribution in [0.1, 0.15) is 22.8 Å². The molecule has 0 saturated carbocycles. The lowest BCUT2D eigenvalue weighted by molar-refractivity contribution is -0.144. The standard InChI is InChI=1S/C21H16F4N10/c22-14-3-1-2-4-15(14)30-9-12(35-29)5-16-13(6-26)17(18(34-16)19(28)33-10-27)11-7-31-20(32-8-11)21(23,24)25/h1-4,7-10,29-30,34H,5H2,(H3,27,28,33)/b12-9-,35-29?. The molecule has 6 N–H and O–H groups in total. The second-order valence-corrected chi connectivity index (χ2v) is 6.83.